The molecule has 24 heavy (non-hydrogen) atoms. The van der Waals surface area contributed by atoms with Crippen LogP contribution in [-0.4, -0.2) is 28.3 Å². The van der Waals surface area contributed by atoms with Gasteiger partial charge in [0, 0.05) is 11.6 Å². The summed E-state index contributed by atoms with van der Waals surface area (Å²) in [6.07, 6.45) is 3.97. The molecule has 2 aromatic rings. The zero-order valence-electron chi connectivity index (χ0n) is 12.3. The van der Waals surface area contributed by atoms with Crippen LogP contribution in [0.1, 0.15) is 21.5 Å². The zero-order valence-corrected chi connectivity index (χ0v) is 13.1. The third-order valence-corrected chi connectivity index (χ3v) is 3.25. The van der Waals surface area contributed by atoms with E-state index in [0.29, 0.717) is 0 Å². The van der Waals surface area contributed by atoms with Crippen LogP contribution < -0.4 is 5.43 Å². The van der Waals surface area contributed by atoms with Gasteiger partial charge >= 0.3 is 5.97 Å². The van der Waals surface area contributed by atoms with E-state index in [2.05, 4.69) is 10.5 Å². The molecule has 0 bridgehead atoms. The fourth-order valence-corrected chi connectivity index (χ4v) is 1.92. The highest BCUT2D eigenvalue weighted by molar-refractivity contribution is 6.32. The second kappa shape index (κ2) is 7.94. The molecule has 0 aromatic heterocycles. The number of amides is 1. The fourth-order valence-electron chi connectivity index (χ4n) is 1.74. The van der Waals surface area contributed by atoms with Crippen molar-refractivity contribution in [2.24, 2.45) is 5.10 Å². The number of aliphatic carboxylic acids is 1. The van der Waals surface area contributed by atoms with Crippen LogP contribution >= 0.6 is 11.6 Å². The number of nitrogens with zero attached hydrogens (tertiary/aromatic N) is 1. The van der Waals surface area contributed by atoms with Gasteiger partial charge in [0.15, 0.2) is 0 Å². The normalized spacial score (nSPS) is 11.0. The second-order valence-electron chi connectivity index (χ2n) is 4.70. The van der Waals surface area contributed by atoms with E-state index in [1.807, 2.05) is 0 Å². The zero-order chi connectivity index (χ0) is 17.5. The molecule has 2 rings (SSSR count). The topological polar surface area (TPSA) is 99.0 Å². The summed E-state index contributed by atoms with van der Waals surface area (Å²) in [5.74, 6) is -1.58. The van der Waals surface area contributed by atoms with E-state index in [-0.39, 0.29) is 16.3 Å². The van der Waals surface area contributed by atoms with E-state index in [0.717, 1.165) is 17.2 Å². The van der Waals surface area contributed by atoms with E-state index in [9.17, 15) is 14.7 Å². The van der Waals surface area contributed by atoms with Crippen molar-refractivity contribution in [3.05, 3.63) is 70.3 Å². The number of hydrogen-bond donors (Lipinski definition) is 3. The first kappa shape index (κ1) is 17.2. The average Bonchev–Trinajstić information content (AvgIpc) is 2.56. The van der Waals surface area contributed by atoms with Crippen LogP contribution in [-0.2, 0) is 4.79 Å². The molecule has 0 atom stereocenters. The molecule has 0 saturated carbocycles. The summed E-state index contributed by atoms with van der Waals surface area (Å²) in [6, 6.07) is 11.0. The van der Waals surface area contributed by atoms with Gasteiger partial charge in [-0.25, -0.2) is 10.2 Å². The minimum absolute atomic E-state index is 0.0802. The first-order chi connectivity index (χ1) is 11.5. The van der Waals surface area contributed by atoms with Crippen molar-refractivity contribution >= 4 is 35.8 Å². The molecule has 0 radical (unpaired) electrons. The molecule has 2 aromatic carbocycles. The number of hydrazone groups is 1. The lowest BCUT2D eigenvalue weighted by molar-refractivity contribution is -0.131. The smallest absolute Gasteiger partial charge is 0.328 e. The molecule has 122 valence electrons. The monoisotopic (exact) mass is 344 g/mol. The highest BCUT2D eigenvalue weighted by atomic mass is 35.5. The van der Waals surface area contributed by atoms with Crippen LogP contribution in [0.25, 0.3) is 6.08 Å². The lowest BCUT2D eigenvalue weighted by atomic mass is 10.1. The minimum atomic E-state index is -1.02. The molecule has 0 fully saturated rings. The molecule has 3 N–H and O–H groups in total. The number of hydrogen-bond acceptors (Lipinski definition) is 4. The van der Waals surface area contributed by atoms with Crippen molar-refractivity contribution < 1.29 is 19.8 Å². The summed E-state index contributed by atoms with van der Waals surface area (Å²) in [5, 5.41) is 21.8. The lowest BCUT2D eigenvalue weighted by Crippen LogP contribution is -2.17. The van der Waals surface area contributed by atoms with Crippen molar-refractivity contribution in [2.75, 3.05) is 0 Å². The van der Waals surface area contributed by atoms with Crippen molar-refractivity contribution in [3.63, 3.8) is 0 Å². The van der Waals surface area contributed by atoms with Crippen molar-refractivity contribution in [1.82, 2.24) is 5.43 Å². The Morgan fingerprint density at radius 3 is 2.38 bits per heavy atom. The Morgan fingerprint density at radius 2 is 1.75 bits per heavy atom. The summed E-state index contributed by atoms with van der Waals surface area (Å²) in [7, 11) is 0. The highest BCUT2D eigenvalue weighted by Gasteiger charge is 2.07. The number of carboxylic acids is 1. The summed E-state index contributed by atoms with van der Waals surface area (Å²) in [4.78, 5) is 22.3. The Bertz CT molecular complexity index is 814. The van der Waals surface area contributed by atoms with Crippen LogP contribution in [0.2, 0.25) is 5.02 Å². The van der Waals surface area contributed by atoms with Gasteiger partial charge in [-0.05, 0) is 35.4 Å². The molecule has 0 spiro atoms. The third kappa shape index (κ3) is 4.96. The first-order valence-electron chi connectivity index (χ1n) is 6.79. The molecular weight excluding hydrogens is 332 g/mol. The van der Waals surface area contributed by atoms with E-state index < -0.39 is 11.9 Å². The quantitative estimate of drug-likeness (QED) is 0.441. The predicted octanol–water partition coefficient (Wildman–Crippen LogP) is 2.91. The van der Waals surface area contributed by atoms with Gasteiger partial charge in [0.05, 0.1) is 11.2 Å². The number of phenols is 1. The van der Waals surface area contributed by atoms with Gasteiger partial charge in [0.25, 0.3) is 5.91 Å². The number of phenolic OH excluding ortho intramolecular Hbond substituents is 1. The van der Waals surface area contributed by atoms with E-state index in [1.165, 1.54) is 30.5 Å². The van der Waals surface area contributed by atoms with Crippen molar-refractivity contribution in [2.45, 2.75) is 0 Å². The van der Waals surface area contributed by atoms with Gasteiger partial charge < -0.3 is 10.2 Å². The number of carbonyl (C=O) groups excluding carboxylic acids is 1. The number of carbonyl (C=O) groups is 2. The van der Waals surface area contributed by atoms with Gasteiger partial charge in [-0.1, -0.05) is 35.9 Å². The second-order valence-corrected chi connectivity index (χ2v) is 5.11. The van der Waals surface area contributed by atoms with Gasteiger partial charge in [0.1, 0.15) is 5.75 Å². The van der Waals surface area contributed by atoms with Crippen LogP contribution in [0.3, 0.4) is 0 Å². The van der Waals surface area contributed by atoms with Gasteiger partial charge in [-0.2, -0.15) is 5.10 Å². The molecule has 0 unspecified atom stereocenters. The first-order valence-corrected chi connectivity index (χ1v) is 7.16. The molecule has 6 nitrogen and oxygen atoms in total. The number of aromatic hydroxyl groups is 1. The fraction of sp³-hybridized carbons (Fsp3) is 0. The maximum atomic E-state index is 11.9. The minimum Gasteiger partial charge on any atom is -0.506 e. The highest BCUT2D eigenvalue weighted by Crippen LogP contribution is 2.23. The summed E-state index contributed by atoms with van der Waals surface area (Å²) >= 11 is 5.74. The lowest BCUT2D eigenvalue weighted by Gasteiger charge is -2.02. The van der Waals surface area contributed by atoms with Gasteiger partial charge in [0.2, 0.25) is 0 Å². The van der Waals surface area contributed by atoms with Crippen LogP contribution in [0.15, 0.2) is 53.6 Å². The summed E-state index contributed by atoms with van der Waals surface area (Å²) < 4.78 is 0. The van der Waals surface area contributed by atoms with Crippen LogP contribution in [0, 0.1) is 0 Å². The Kier molecular flexibility index (Phi) is 5.70. The van der Waals surface area contributed by atoms with Crippen molar-refractivity contribution in [1.29, 1.82) is 0 Å². The van der Waals surface area contributed by atoms with E-state index >= 15 is 0 Å². The number of rotatable bonds is 5. The summed E-state index contributed by atoms with van der Waals surface area (Å²) in [6.45, 7) is 0. The predicted molar refractivity (Wildman–Crippen MR) is 91.3 cm³/mol. The summed E-state index contributed by atoms with van der Waals surface area (Å²) in [5.41, 5.74) is 4.08. The maximum absolute atomic E-state index is 11.9. The van der Waals surface area contributed by atoms with Crippen LogP contribution in [0.4, 0.5) is 0 Å². The number of carboxylic acid groups (broad SMARTS) is 1. The molecule has 1 amide bonds. The maximum Gasteiger partial charge on any atom is 0.328 e. The Morgan fingerprint density at radius 1 is 1.08 bits per heavy atom. The molecular formula is C17H13ClN2O4. The molecule has 0 heterocycles. The van der Waals surface area contributed by atoms with Gasteiger partial charge in [-0.15, -0.1) is 0 Å². The Labute approximate surface area is 142 Å². The number of nitrogens with one attached hydrogen (secondary N) is 1. The number of halogens is 1. The molecule has 0 saturated heterocycles. The van der Waals surface area contributed by atoms with E-state index in [4.69, 9.17) is 16.7 Å². The van der Waals surface area contributed by atoms with Crippen molar-refractivity contribution in [3.8, 4) is 5.75 Å². The SMILES string of the molecule is O=C(O)C=Cc1ccc(C=NNC(=O)c2ccc(O)c(Cl)c2)cc1. The van der Waals surface area contributed by atoms with E-state index in [1.54, 1.807) is 24.3 Å². The van der Waals surface area contributed by atoms with Crippen LogP contribution in [0.5, 0.6) is 5.75 Å². The molecule has 0 aliphatic heterocycles. The van der Waals surface area contributed by atoms with Gasteiger partial charge in [-0.3, -0.25) is 4.79 Å². The standard InChI is InChI=1S/C17H13ClN2O4/c18-14-9-13(6-7-15(14)21)17(24)20-19-10-12-3-1-11(2-4-12)5-8-16(22)23/h1-10,21H,(H,20,24)(H,22,23). The Balaban J connectivity index is 1.97. The molecule has 0 aliphatic carbocycles. The Hall–Kier alpha value is -3.12. The largest absolute Gasteiger partial charge is 0.506 e. The molecule has 7 heteroatoms. The number of benzene rings is 2. The average molecular weight is 345 g/mol. The third-order valence-electron chi connectivity index (χ3n) is 2.94. The molecule has 0 aliphatic rings.